The van der Waals surface area contributed by atoms with Crippen LogP contribution in [0, 0.1) is 0 Å². The van der Waals surface area contributed by atoms with E-state index in [2.05, 4.69) is 97.0 Å². The van der Waals surface area contributed by atoms with Crippen LogP contribution in [0.1, 0.15) is 17.0 Å². The van der Waals surface area contributed by atoms with Crippen molar-refractivity contribution in [3.63, 3.8) is 0 Å². The number of aromatic nitrogens is 1. The van der Waals surface area contributed by atoms with Gasteiger partial charge in [0.25, 0.3) is 0 Å². The molecule has 5 aromatic rings. The number of hydrogen-bond acceptors (Lipinski definition) is 9. The van der Waals surface area contributed by atoms with E-state index in [0.29, 0.717) is 29.4 Å². The van der Waals surface area contributed by atoms with Gasteiger partial charge in [0, 0.05) is 102 Å². The van der Waals surface area contributed by atoms with E-state index in [1.807, 2.05) is 56.4 Å². The fourth-order valence-corrected chi connectivity index (χ4v) is 7.56. The molecule has 9 rings (SSSR count). The summed E-state index contributed by atoms with van der Waals surface area (Å²) in [5, 5.41) is 2.14. The van der Waals surface area contributed by atoms with Crippen molar-refractivity contribution in [2.24, 2.45) is 20.0 Å². The van der Waals surface area contributed by atoms with Crippen molar-refractivity contribution >= 4 is 68.1 Å². The Bertz CT molecular complexity index is 2440. The van der Waals surface area contributed by atoms with E-state index in [4.69, 9.17) is 20.0 Å². The van der Waals surface area contributed by atoms with Crippen LogP contribution in [0.3, 0.4) is 0 Å². The average molecular weight is 691 g/mol. The highest BCUT2D eigenvalue weighted by molar-refractivity contribution is 6.24. The maximum atomic E-state index is 15.6. The number of allylic oxidation sites excluding steroid dienone is 2. The van der Waals surface area contributed by atoms with Crippen molar-refractivity contribution in [2.75, 3.05) is 76.0 Å². The van der Waals surface area contributed by atoms with Crippen LogP contribution in [0.15, 0.2) is 117 Å². The van der Waals surface area contributed by atoms with Crippen LogP contribution >= 0.6 is 0 Å². The largest absolute Gasteiger partial charge is 0.378 e. The maximum absolute atomic E-state index is 15.6. The number of nitrogens with zero attached hydrogens (tertiary/aromatic N) is 10. The molecule has 0 saturated heterocycles. The zero-order valence-electron chi connectivity index (χ0n) is 30.5. The van der Waals surface area contributed by atoms with Gasteiger partial charge in [0.1, 0.15) is 23.3 Å². The number of benzene rings is 4. The molecule has 52 heavy (non-hydrogen) atoms. The molecule has 10 nitrogen and oxygen atoms in total. The lowest BCUT2D eigenvalue weighted by Crippen LogP contribution is -2.43. The molecule has 11 heteroatoms. The number of hydrogen-bond donors (Lipinski definition) is 0. The zero-order chi connectivity index (χ0) is 36.2. The van der Waals surface area contributed by atoms with Gasteiger partial charge in [0.05, 0.1) is 17.0 Å². The third-order valence-corrected chi connectivity index (χ3v) is 10.3. The second kappa shape index (κ2) is 11.4. The van der Waals surface area contributed by atoms with Crippen molar-refractivity contribution in [3.05, 3.63) is 108 Å². The molecule has 4 heterocycles. The van der Waals surface area contributed by atoms with Gasteiger partial charge in [-0.1, -0.05) is 24.3 Å². The van der Waals surface area contributed by atoms with E-state index in [9.17, 15) is 0 Å². The predicted molar refractivity (Wildman–Crippen MR) is 215 cm³/mol. The Kier molecular flexibility index (Phi) is 6.95. The van der Waals surface area contributed by atoms with Gasteiger partial charge in [-0.25, -0.2) is 14.3 Å². The first-order chi connectivity index (χ1) is 25.0. The van der Waals surface area contributed by atoms with E-state index >= 15 is 4.39 Å². The number of guanidine groups is 1. The molecule has 0 bridgehead atoms. The number of amidine groups is 2. The quantitative estimate of drug-likeness (QED) is 0.194. The Morgan fingerprint density at radius 2 is 1.04 bits per heavy atom. The van der Waals surface area contributed by atoms with Crippen molar-refractivity contribution in [2.45, 2.75) is 5.92 Å². The maximum Gasteiger partial charge on any atom is 0.242 e. The highest BCUT2D eigenvalue weighted by Gasteiger charge is 2.39. The Morgan fingerprint density at radius 1 is 0.538 bits per heavy atom. The van der Waals surface area contributed by atoms with Gasteiger partial charge in [-0.15, -0.1) is 0 Å². The SMILES string of the molecule is CN(C)c1ccc2c(c1)C(C1=NC3=NC(n4c5cc(N(C)C)ccc5c5ccc(N(C)C)cc54)=NC4=CC(F)=CC(=N1)N43)c1cc(N(C)C)ccc1-2. The second-order valence-corrected chi connectivity index (χ2v) is 14.4. The number of aliphatic imine (C=N–C) groups is 4. The summed E-state index contributed by atoms with van der Waals surface area (Å²) >= 11 is 0. The molecule has 0 fully saturated rings. The lowest BCUT2D eigenvalue weighted by molar-refractivity contribution is 0.629. The molecule has 1 aromatic heterocycles. The minimum atomic E-state index is -0.431. The van der Waals surface area contributed by atoms with Crippen molar-refractivity contribution in [1.82, 2.24) is 9.47 Å². The van der Waals surface area contributed by atoms with Crippen LogP contribution in [-0.4, -0.2) is 89.4 Å². The minimum Gasteiger partial charge on any atom is -0.378 e. The van der Waals surface area contributed by atoms with E-state index in [1.54, 1.807) is 4.90 Å². The molecule has 0 amide bonds. The van der Waals surface area contributed by atoms with E-state index in [1.165, 1.54) is 12.2 Å². The third kappa shape index (κ3) is 4.75. The van der Waals surface area contributed by atoms with Gasteiger partial charge in [-0.05, 0) is 70.8 Å². The molecule has 260 valence electrons. The van der Waals surface area contributed by atoms with Gasteiger partial charge in [-0.3, -0.25) is 4.57 Å². The molecule has 0 radical (unpaired) electrons. The summed E-state index contributed by atoms with van der Waals surface area (Å²) in [5.41, 5.74) is 10.6. The van der Waals surface area contributed by atoms with Crippen molar-refractivity contribution < 1.29 is 4.39 Å². The lowest BCUT2D eigenvalue weighted by atomic mass is 9.94. The Morgan fingerprint density at radius 3 is 1.56 bits per heavy atom. The highest BCUT2D eigenvalue weighted by Crippen LogP contribution is 2.49. The fraction of sp³-hybridized carbons (Fsp3) is 0.220. The van der Waals surface area contributed by atoms with Gasteiger partial charge in [0.2, 0.25) is 11.9 Å². The molecule has 4 aromatic carbocycles. The Balaban J connectivity index is 1.28. The van der Waals surface area contributed by atoms with Crippen LogP contribution in [0.5, 0.6) is 0 Å². The van der Waals surface area contributed by atoms with Crippen LogP contribution in [0.2, 0.25) is 0 Å². The van der Waals surface area contributed by atoms with Crippen LogP contribution in [0.4, 0.5) is 27.1 Å². The lowest BCUT2D eigenvalue weighted by Gasteiger charge is -2.33. The first-order valence-electron chi connectivity index (χ1n) is 17.3. The third-order valence-electron chi connectivity index (χ3n) is 10.3. The molecule has 1 aliphatic carbocycles. The molecular formula is C41H39FN10. The predicted octanol–water partition coefficient (Wildman–Crippen LogP) is 7.27. The average Bonchev–Trinajstić information content (AvgIpc) is 3.62. The summed E-state index contributed by atoms with van der Waals surface area (Å²) in [4.78, 5) is 30.5. The highest BCUT2D eigenvalue weighted by atomic mass is 19.1. The van der Waals surface area contributed by atoms with Crippen LogP contribution in [-0.2, 0) is 0 Å². The molecule has 0 unspecified atom stereocenters. The summed E-state index contributed by atoms with van der Waals surface area (Å²) in [6, 6.07) is 25.9. The Hall–Kier alpha value is -6.23. The van der Waals surface area contributed by atoms with Crippen molar-refractivity contribution in [1.29, 1.82) is 0 Å². The van der Waals surface area contributed by atoms with E-state index in [0.717, 1.165) is 66.8 Å². The van der Waals surface area contributed by atoms with Gasteiger partial charge in [0.15, 0.2) is 0 Å². The number of halogens is 1. The molecular weight excluding hydrogens is 652 g/mol. The van der Waals surface area contributed by atoms with Crippen molar-refractivity contribution in [3.8, 4) is 11.1 Å². The van der Waals surface area contributed by atoms with Crippen LogP contribution in [0.25, 0.3) is 32.9 Å². The molecule has 0 atom stereocenters. The monoisotopic (exact) mass is 690 g/mol. The number of fused-ring (bicyclic) bond motifs is 6. The standard InChI is InChI=1S/C41H39FN10/c1-47(2)24-9-13-28-29-14-10-25(48(3)4)20-33(29)38(32(28)19-24)39-43-36-17-23(42)18-37-44-40(46-41(45-39)52(36)37)51-34-21-26(49(5)6)11-15-30(34)31-16-12-27(50(7)8)22-35(31)51/h9-22,38H,1-8H3. The topological polar surface area (TPSA) is 70.6 Å². The van der Waals surface area contributed by atoms with Gasteiger partial charge in [-0.2, -0.15) is 15.0 Å². The van der Waals surface area contributed by atoms with E-state index in [-0.39, 0.29) is 5.92 Å². The van der Waals surface area contributed by atoms with Crippen LogP contribution < -0.4 is 19.6 Å². The number of rotatable bonds is 5. The smallest absolute Gasteiger partial charge is 0.242 e. The minimum absolute atomic E-state index is 0.297. The Labute approximate surface area is 302 Å². The molecule has 0 N–H and O–H groups in total. The van der Waals surface area contributed by atoms with E-state index < -0.39 is 5.83 Å². The molecule has 3 aliphatic heterocycles. The first kappa shape index (κ1) is 31.7. The molecule has 0 spiro atoms. The fourth-order valence-electron chi connectivity index (χ4n) is 7.56. The summed E-state index contributed by atoms with van der Waals surface area (Å²) in [5.74, 6) is 1.39. The summed E-state index contributed by atoms with van der Waals surface area (Å²) < 4.78 is 17.6. The van der Waals surface area contributed by atoms with Gasteiger partial charge < -0.3 is 19.6 Å². The molecule has 0 saturated carbocycles. The summed E-state index contributed by atoms with van der Waals surface area (Å²) in [6.45, 7) is 0. The second-order valence-electron chi connectivity index (χ2n) is 14.4. The first-order valence-corrected chi connectivity index (χ1v) is 17.3. The zero-order valence-corrected chi connectivity index (χ0v) is 30.5. The molecule has 4 aliphatic rings. The van der Waals surface area contributed by atoms with Gasteiger partial charge >= 0.3 is 0 Å². The number of anilines is 4. The normalized spacial score (nSPS) is 16.0. The summed E-state index contributed by atoms with van der Waals surface area (Å²) in [6.07, 6.45) is 2.86. The summed E-state index contributed by atoms with van der Waals surface area (Å²) in [7, 11) is 16.3.